The third kappa shape index (κ3) is 3.39. The molecule has 0 aliphatic heterocycles. The second-order valence-electron chi connectivity index (χ2n) is 3.28. The molecule has 7 heteroatoms. The van der Waals surface area contributed by atoms with Crippen molar-refractivity contribution >= 4 is 23.4 Å². The van der Waals surface area contributed by atoms with Crippen LogP contribution in [0.25, 0.3) is 0 Å². The van der Waals surface area contributed by atoms with E-state index in [4.69, 9.17) is 17.3 Å². The summed E-state index contributed by atoms with van der Waals surface area (Å²) in [7, 11) is 0. The molecule has 92 valence electrons. The maximum atomic E-state index is 13.0. The zero-order valence-electron chi connectivity index (χ0n) is 9.11. The number of rotatable bonds is 4. The molecule has 0 fully saturated rings. The molecule has 0 aliphatic rings. The summed E-state index contributed by atoms with van der Waals surface area (Å²) in [6, 6.07) is 0.974. The van der Waals surface area contributed by atoms with Crippen LogP contribution in [0.1, 0.15) is 17.3 Å². The van der Waals surface area contributed by atoms with Crippen molar-refractivity contribution in [3.63, 3.8) is 0 Å². The maximum Gasteiger partial charge on any atom is 0.257 e. The highest BCUT2D eigenvalue weighted by atomic mass is 35.5. The van der Waals surface area contributed by atoms with E-state index in [0.717, 1.165) is 17.2 Å². The van der Waals surface area contributed by atoms with Crippen molar-refractivity contribution in [2.24, 2.45) is 5.73 Å². The van der Waals surface area contributed by atoms with Crippen molar-refractivity contribution in [1.29, 1.82) is 0 Å². The van der Waals surface area contributed by atoms with Gasteiger partial charge in [-0.3, -0.25) is 9.59 Å². The Morgan fingerprint density at radius 2 is 2.24 bits per heavy atom. The number of nitrogens with zero attached hydrogens (tertiary/aromatic N) is 2. The zero-order chi connectivity index (χ0) is 13.0. The van der Waals surface area contributed by atoms with Crippen molar-refractivity contribution in [2.45, 2.75) is 6.92 Å². The molecule has 0 bridgehead atoms. The van der Waals surface area contributed by atoms with Gasteiger partial charge in [0.05, 0.1) is 18.3 Å². The third-order valence-corrected chi connectivity index (χ3v) is 2.35. The van der Waals surface area contributed by atoms with Gasteiger partial charge in [-0.05, 0) is 13.0 Å². The summed E-state index contributed by atoms with van der Waals surface area (Å²) in [6.07, 6.45) is 0.906. The SMILES string of the molecule is CCN(CC(N)=O)C(=O)c1cc(F)cnc1Cl. The largest absolute Gasteiger partial charge is 0.368 e. The number of hydrogen-bond donors (Lipinski definition) is 1. The Bertz CT molecular complexity index is 453. The van der Waals surface area contributed by atoms with Crippen LogP contribution in [0.4, 0.5) is 4.39 Å². The molecule has 0 saturated carbocycles. The molecule has 1 aromatic rings. The van der Waals surface area contributed by atoms with Gasteiger partial charge in [0.1, 0.15) is 11.0 Å². The van der Waals surface area contributed by atoms with E-state index in [2.05, 4.69) is 4.98 Å². The Morgan fingerprint density at radius 1 is 1.59 bits per heavy atom. The zero-order valence-corrected chi connectivity index (χ0v) is 9.87. The Hall–Kier alpha value is -1.69. The van der Waals surface area contributed by atoms with E-state index in [0.29, 0.717) is 0 Å². The third-order valence-electron chi connectivity index (χ3n) is 2.05. The number of hydrogen-bond acceptors (Lipinski definition) is 3. The van der Waals surface area contributed by atoms with Gasteiger partial charge in [-0.25, -0.2) is 9.37 Å². The monoisotopic (exact) mass is 259 g/mol. The average Bonchev–Trinajstić information content (AvgIpc) is 2.28. The molecule has 0 saturated heterocycles. The molecule has 2 amide bonds. The van der Waals surface area contributed by atoms with Crippen LogP contribution >= 0.6 is 11.6 Å². The van der Waals surface area contributed by atoms with Crippen molar-refractivity contribution in [1.82, 2.24) is 9.88 Å². The van der Waals surface area contributed by atoms with Gasteiger partial charge in [0.2, 0.25) is 5.91 Å². The summed E-state index contributed by atoms with van der Waals surface area (Å²) in [5.41, 5.74) is 4.91. The molecule has 0 spiro atoms. The van der Waals surface area contributed by atoms with Gasteiger partial charge < -0.3 is 10.6 Å². The molecule has 1 rings (SSSR count). The predicted molar refractivity (Wildman–Crippen MR) is 60.0 cm³/mol. The van der Waals surface area contributed by atoms with E-state index in [9.17, 15) is 14.0 Å². The maximum absolute atomic E-state index is 13.0. The molecular weight excluding hydrogens is 249 g/mol. The summed E-state index contributed by atoms with van der Waals surface area (Å²) in [5.74, 6) is -1.91. The van der Waals surface area contributed by atoms with E-state index in [1.807, 2.05) is 0 Å². The van der Waals surface area contributed by atoms with E-state index in [-0.39, 0.29) is 23.8 Å². The van der Waals surface area contributed by atoms with E-state index < -0.39 is 17.6 Å². The molecule has 0 aromatic carbocycles. The summed E-state index contributed by atoms with van der Waals surface area (Å²) < 4.78 is 13.0. The first-order valence-corrected chi connectivity index (χ1v) is 5.22. The first-order valence-electron chi connectivity index (χ1n) is 4.84. The van der Waals surface area contributed by atoms with Crippen LogP contribution < -0.4 is 5.73 Å². The van der Waals surface area contributed by atoms with Gasteiger partial charge in [0.15, 0.2) is 0 Å². The minimum absolute atomic E-state index is 0.0882. The molecular formula is C10H11ClFN3O2. The van der Waals surface area contributed by atoms with Gasteiger partial charge in [-0.2, -0.15) is 0 Å². The summed E-state index contributed by atoms with van der Waals surface area (Å²) in [5, 5.41) is -0.112. The van der Waals surface area contributed by atoms with Crippen molar-refractivity contribution in [2.75, 3.05) is 13.1 Å². The van der Waals surface area contributed by atoms with Crippen molar-refractivity contribution in [3.8, 4) is 0 Å². The lowest BCUT2D eigenvalue weighted by molar-refractivity contribution is -0.118. The Morgan fingerprint density at radius 3 is 2.76 bits per heavy atom. The first kappa shape index (κ1) is 13.4. The molecule has 0 radical (unpaired) electrons. The van der Waals surface area contributed by atoms with Gasteiger partial charge in [-0.1, -0.05) is 11.6 Å². The van der Waals surface area contributed by atoms with Crippen LogP contribution in [0.2, 0.25) is 5.15 Å². The number of carbonyl (C=O) groups excluding carboxylic acids is 2. The Labute approximate surface area is 102 Å². The number of amides is 2. The fourth-order valence-corrected chi connectivity index (χ4v) is 1.44. The van der Waals surface area contributed by atoms with E-state index >= 15 is 0 Å². The highest BCUT2D eigenvalue weighted by molar-refractivity contribution is 6.32. The van der Waals surface area contributed by atoms with Crippen LogP contribution in [0.5, 0.6) is 0 Å². The number of carbonyl (C=O) groups is 2. The number of nitrogens with two attached hydrogens (primary N) is 1. The highest BCUT2D eigenvalue weighted by Gasteiger charge is 2.19. The molecule has 17 heavy (non-hydrogen) atoms. The average molecular weight is 260 g/mol. The second kappa shape index (κ2) is 5.58. The number of primary amides is 1. The quantitative estimate of drug-likeness (QED) is 0.814. The van der Waals surface area contributed by atoms with Crippen LogP contribution in [0.3, 0.4) is 0 Å². The number of pyridine rings is 1. The standard InChI is InChI=1S/C10H11ClFN3O2/c1-2-15(5-8(13)16)10(17)7-3-6(12)4-14-9(7)11/h3-4H,2,5H2,1H3,(H2,13,16). The summed E-state index contributed by atoms with van der Waals surface area (Å²) >= 11 is 5.69. The fraction of sp³-hybridized carbons (Fsp3) is 0.300. The summed E-state index contributed by atoms with van der Waals surface area (Å²) in [6.45, 7) is 1.68. The Balaban J connectivity index is 3.01. The molecule has 2 N–H and O–H groups in total. The van der Waals surface area contributed by atoms with Gasteiger partial charge in [0, 0.05) is 6.54 Å². The van der Waals surface area contributed by atoms with E-state index in [1.54, 1.807) is 6.92 Å². The van der Waals surface area contributed by atoms with Gasteiger partial charge in [0.25, 0.3) is 5.91 Å². The lowest BCUT2D eigenvalue weighted by Crippen LogP contribution is -2.38. The molecule has 5 nitrogen and oxygen atoms in total. The normalized spacial score (nSPS) is 10.1. The Kier molecular flexibility index (Phi) is 4.39. The van der Waals surface area contributed by atoms with Crippen LogP contribution in [0, 0.1) is 5.82 Å². The fourth-order valence-electron chi connectivity index (χ4n) is 1.26. The van der Waals surface area contributed by atoms with Crippen molar-refractivity contribution < 1.29 is 14.0 Å². The van der Waals surface area contributed by atoms with Crippen LogP contribution in [-0.4, -0.2) is 34.8 Å². The molecule has 1 aromatic heterocycles. The van der Waals surface area contributed by atoms with Crippen LogP contribution in [-0.2, 0) is 4.79 Å². The number of likely N-dealkylation sites (N-methyl/N-ethyl adjacent to an activating group) is 1. The second-order valence-corrected chi connectivity index (χ2v) is 3.64. The molecule has 0 atom stereocenters. The van der Waals surface area contributed by atoms with Gasteiger partial charge >= 0.3 is 0 Å². The molecule has 0 aliphatic carbocycles. The smallest absolute Gasteiger partial charge is 0.257 e. The number of aromatic nitrogens is 1. The van der Waals surface area contributed by atoms with Crippen molar-refractivity contribution in [3.05, 3.63) is 28.8 Å². The molecule has 0 unspecified atom stereocenters. The van der Waals surface area contributed by atoms with Crippen LogP contribution in [0.15, 0.2) is 12.3 Å². The number of halogens is 2. The predicted octanol–water partition coefficient (Wildman–Crippen LogP) is 0.821. The minimum Gasteiger partial charge on any atom is -0.368 e. The lowest BCUT2D eigenvalue weighted by atomic mass is 10.2. The topological polar surface area (TPSA) is 76.3 Å². The summed E-state index contributed by atoms with van der Waals surface area (Å²) in [4.78, 5) is 27.4. The van der Waals surface area contributed by atoms with E-state index in [1.165, 1.54) is 0 Å². The lowest BCUT2D eigenvalue weighted by Gasteiger charge is -2.19. The molecule has 1 heterocycles. The minimum atomic E-state index is -0.673. The first-order chi connectivity index (χ1) is 7.95. The van der Waals surface area contributed by atoms with Gasteiger partial charge in [-0.15, -0.1) is 0 Å². The highest BCUT2D eigenvalue weighted by Crippen LogP contribution is 2.15.